The zero-order valence-corrected chi connectivity index (χ0v) is 19.9. The first kappa shape index (κ1) is 22.3. The van der Waals surface area contributed by atoms with Crippen LogP contribution in [0.4, 0.5) is 0 Å². The summed E-state index contributed by atoms with van der Waals surface area (Å²) in [6.45, 7) is 5.57. The van der Waals surface area contributed by atoms with Crippen LogP contribution >= 0.6 is 22.7 Å². The molecule has 32 heavy (non-hydrogen) atoms. The second-order valence-electron chi connectivity index (χ2n) is 8.05. The number of aromatic nitrogens is 1. The average molecular weight is 463 g/mol. The molecule has 1 atom stereocenters. The lowest BCUT2D eigenvalue weighted by Gasteiger charge is -2.17. The number of hydrogen-bond donors (Lipinski definition) is 1. The number of thiophene rings is 2. The molecule has 4 nitrogen and oxygen atoms in total. The van der Waals surface area contributed by atoms with Gasteiger partial charge in [-0.2, -0.15) is 5.26 Å². The minimum atomic E-state index is -1.20. The van der Waals surface area contributed by atoms with Crippen molar-refractivity contribution in [3.63, 3.8) is 0 Å². The van der Waals surface area contributed by atoms with Crippen molar-refractivity contribution in [1.82, 2.24) is 4.57 Å². The zero-order chi connectivity index (χ0) is 22.7. The Hall–Kier alpha value is -2.88. The molecule has 164 valence electrons. The van der Waals surface area contributed by atoms with Gasteiger partial charge in [0.15, 0.2) is 0 Å². The van der Waals surface area contributed by atoms with E-state index in [1.54, 1.807) is 17.4 Å². The number of hydrogen-bond acceptors (Lipinski definition) is 4. The van der Waals surface area contributed by atoms with E-state index in [-0.39, 0.29) is 5.57 Å². The van der Waals surface area contributed by atoms with Gasteiger partial charge in [0, 0.05) is 32.1 Å². The van der Waals surface area contributed by atoms with E-state index in [0.717, 1.165) is 16.3 Å². The SMILES string of the molecule is CCCCC(CC)Cn1c2ccccc2c2sc(-c3ccc(C=C(C#N)C(=O)O)s3)cc21. The Morgan fingerprint density at radius 2 is 1.97 bits per heavy atom. The summed E-state index contributed by atoms with van der Waals surface area (Å²) >= 11 is 3.30. The Kier molecular flexibility index (Phi) is 6.78. The predicted octanol–water partition coefficient (Wildman–Crippen LogP) is 7.79. The Labute approximate surface area is 196 Å². The number of fused-ring (bicyclic) bond motifs is 3. The molecule has 0 aliphatic carbocycles. The van der Waals surface area contributed by atoms with Gasteiger partial charge in [-0.15, -0.1) is 22.7 Å². The number of para-hydroxylation sites is 1. The third kappa shape index (κ3) is 4.36. The van der Waals surface area contributed by atoms with Gasteiger partial charge < -0.3 is 9.67 Å². The minimum Gasteiger partial charge on any atom is -0.477 e. The highest BCUT2D eigenvalue weighted by Gasteiger charge is 2.18. The van der Waals surface area contributed by atoms with Crippen LogP contribution in [-0.4, -0.2) is 15.6 Å². The van der Waals surface area contributed by atoms with Gasteiger partial charge >= 0.3 is 5.97 Å². The van der Waals surface area contributed by atoms with Gasteiger partial charge in [-0.1, -0.05) is 51.3 Å². The van der Waals surface area contributed by atoms with Gasteiger partial charge in [0.1, 0.15) is 11.6 Å². The van der Waals surface area contributed by atoms with Crippen molar-refractivity contribution in [2.45, 2.75) is 46.1 Å². The maximum Gasteiger partial charge on any atom is 0.346 e. The lowest BCUT2D eigenvalue weighted by atomic mass is 9.99. The van der Waals surface area contributed by atoms with Gasteiger partial charge in [-0.3, -0.25) is 0 Å². The molecule has 3 aromatic heterocycles. The molecule has 0 spiro atoms. The predicted molar refractivity (Wildman–Crippen MR) is 135 cm³/mol. The molecule has 0 radical (unpaired) electrons. The molecule has 0 bridgehead atoms. The Bertz CT molecular complexity index is 1330. The smallest absolute Gasteiger partial charge is 0.346 e. The first-order chi connectivity index (χ1) is 15.5. The van der Waals surface area contributed by atoms with Crippen molar-refractivity contribution in [2.75, 3.05) is 0 Å². The van der Waals surface area contributed by atoms with Crippen molar-refractivity contribution in [3.8, 4) is 15.8 Å². The molecule has 0 aliphatic rings. The highest BCUT2D eigenvalue weighted by Crippen LogP contribution is 2.42. The number of carboxylic acids is 1. The Balaban J connectivity index is 1.75. The fraction of sp³-hybridized carbons (Fsp3) is 0.308. The third-order valence-corrected chi connectivity index (χ3v) is 8.32. The zero-order valence-electron chi connectivity index (χ0n) is 18.3. The van der Waals surface area contributed by atoms with Crippen LogP contribution in [0.2, 0.25) is 0 Å². The van der Waals surface area contributed by atoms with Crippen LogP contribution < -0.4 is 0 Å². The summed E-state index contributed by atoms with van der Waals surface area (Å²) in [6, 6.07) is 16.6. The maximum atomic E-state index is 11.1. The number of unbranched alkanes of at least 4 members (excludes halogenated alkanes) is 1. The average Bonchev–Trinajstić information content (AvgIpc) is 3.50. The van der Waals surface area contributed by atoms with E-state index in [2.05, 4.69) is 48.7 Å². The first-order valence-electron chi connectivity index (χ1n) is 11.0. The molecule has 1 N–H and O–H groups in total. The van der Waals surface area contributed by atoms with Crippen molar-refractivity contribution >= 4 is 55.8 Å². The topological polar surface area (TPSA) is 66.0 Å². The van der Waals surface area contributed by atoms with Gasteiger partial charge in [-0.05, 0) is 42.7 Å². The Morgan fingerprint density at radius 1 is 1.16 bits per heavy atom. The summed E-state index contributed by atoms with van der Waals surface area (Å²) in [5.41, 5.74) is 2.32. The van der Waals surface area contributed by atoms with Crippen LogP contribution in [0.15, 0.2) is 48.0 Å². The summed E-state index contributed by atoms with van der Waals surface area (Å²) < 4.78 is 3.79. The Morgan fingerprint density at radius 3 is 2.69 bits per heavy atom. The lowest BCUT2D eigenvalue weighted by Crippen LogP contribution is -2.09. The summed E-state index contributed by atoms with van der Waals surface area (Å²) in [4.78, 5) is 14.2. The largest absolute Gasteiger partial charge is 0.477 e. The molecule has 1 unspecified atom stereocenters. The van der Waals surface area contributed by atoms with Crippen LogP contribution in [0.5, 0.6) is 0 Å². The molecule has 6 heteroatoms. The minimum absolute atomic E-state index is 0.245. The number of nitriles is 1. The van der Waals surface area contributed by atoms with E-state index in [0.29, 0.717) is 5.92 Å². The molecular weight excluding hydrogens is 436 g/mol. The van der Waals surface area contributed by atoms with Crippen molar-refractivity contribution in [3.05, 3.63) is 52.9 Å². The van der Waals surface area contributed by atoms with E-state index in [1.165, 1.54) is 69.1 Å². The quantitative estimate of drug-likeness (QED) is 0.204. The van der Waals surface area contributed by atoms with Crippen LogP contribution in [0.25, 0.3) is 36.9 Å². The van der Waals surface area contributed by atoms with Crippen LogP contribution in [-0.2, 0) is 11.3 Å². The molecular formula is C26H26N2O2S2. The molecule has 1 aromatic carbocycles. The fourth-order valence-electron chi connectivity index (χ4n) is 4.15. The molecule has 3 heterocycles. The third-order valence-electron chi connectivity index (χ3n) is 5.93. The number of rotatable bonds is 9. The van der Waals surface area contributed by atoms with E-state index in [9.17, 15) is 4.79 Å². The van der Waals surface area contributed by atoms with E-state index in [1.807, 2.05) is 12.1 Å². The molecule has 0 amide bonds. The number of aliphatic carboxylic acids is 1. The summed E-state index contributed by atoms with van der Waals surface area (Å²) in [5, 5.41) is 19.4. The standard InChI is InChI=1S/C26H26N2O2S2/c1-3-5-8-17(4-2)16-28-21-10-7-6-9-20(21)25-22(28)14-24(32-25)23-12-11-19(31-23)13-18(15-27)26(29)30/h6-7,9-14,17H,3-5,8,16H2,1-2H3,(H,29,30). The van der Waals surface area contributed by atoms with E-state index >= 15 is 0 Å². The van der Waals surface area contributed by atoms with Crippen LogP contribution in [0, 0.1) is 17.2 Å². The van der Waals surface area contributed by atoms with Crippen molar-refractivity contribution in [1.29, 1.82) is 5.26 Å². The fourth-order valence-corrected chi connectivity index (χ4v) is 6.37. The van der Waals surface area contributed by atoms with Gasteiger partial charge in [0.05, 0.1) is 10.2 Å². The van der Waals surface area contributed by atoms with Crippen molar-refractivity contribution < 1.29 is 9.90 Å². The number of carbonyl (C=O) groups is 1. The second-order valence-corrected chi connectivity index (χ2v) is 10.2. The normalized spacial score (nSPS) is 13.0. The molecule has 0 aliphatic heterocycles. The summed E-state index contributed by atoms with van der Waals surface area (Å²) in [5.74, 6) is -0.533. The summed E-state index contributed by atoms with van der Waals surface area (Å²) in [6.07, 6.45) is 6.37. The van der Waals surface area contributed by atoms with Crippen LogP contribution in [0.3, 0.4) is 0 Å². The second kappa shape index (κ2) is 9.72. The monoisotopic (exact) mass is 462 g/mol. The van der Waals surface area contributed by atoms with E-state index in [4.69, 9.17) is 10.4 Å². The molecule has 0 fully saturated rings. The van der Waals surface area contributed by atoms with Crippen LogP contribution in [0.1, 0.15) is 44.4 Å². The maximum absolute atomic E-state index is 11.1. The summed E-state index contributed by atoms with van der Waals surface area (Å²) in [7, 11) is 0. The molecule has 0 saturated carbocycles. The number of carboxylic acid groups (broad SMARTS) is 1. The molecule has 0 saturated heterocycles. The number of benzene rings is 1. The van der Waals surface area contributed by atoms with Gasteiger partial charge in [-0.25, -0.2) is 4.79 Å². The first-order valence-corrected chi connectivity index (χ1v) is 12.6. The van der Waals surface area contributed by atoms with Gasteiger partial charge in [0.25, 0.3) is 0 Å². The molecule has 4 rings (SSSR count). The highest BCUT2D eigenvalue weighted by molar-refractivity contribution is 7.27. The molecule has 4 aromatic rings. The van der Waals surface area contributed by atoms with E-state index < -0.39 is 5.97 Å². The van der Waals surface area contributed by atoms with Crippen molar-refractivity contribution in [2.24, 2.45) is 5.92 Å². The number of nitrogens with zero attached hydrogens (tertiary/aromatic N) is 2. The lowest BCUT2D eigenvalue weighted by molar-refractivity contribution is -0.132. The highest BCUT2D eigenvalue weighted by atomic mass is 32.1. The van der Waals surface area contributed by atoms with Gasteiger partial charge in [0.2, 0.25) is 0 Å².